The van der Waals surface area contributed by atoms with Gasteiger partial charge in [-0.05, 0) is 36.7 Å². The van der Waals surface area contributed by atoms with Gasteiger partial charge in [-0.25, -0.2) is 0 Å². The molecule has 0 spiro atoms. The molecular formula is C10H15NO. The Hall–Kier alpha value is -0.790. The lowest BCUT2D eigenvalue weighted by molar-refractivity contribution is -0.117. The molecule has 3 fully saturated rings. The van der Waals surface area contributed by atoms with Crippen molar-refractivity contribution in [3.05, 3.63) is 12.7 Å². The van der Waals surface area contributed by atoms with Crippen LogP contribution in [0.1, 0.15) is 26.2 Å². The summed E-state index contributed by atoms with van der Waals surface area (Å²) in [5, 5.41) is 3.00. The van der Waals surface area contributed by atoms with Gasteiger partial charge in [0.15, 0.2) is 0 Å². The van der Waals surface area contributed by atoms with Crippen molar-refractivity contribution in [2.75, 3.05) is 0 Å². The van der Waals surface area contributed by atoms with Crippen LogP contribution < -0.4 is 5.32 Å². The van der Waals surface area contributed by atoms with Crippen LogP contribution in [0.5, 0.6) is 0 Å². The Labute approximate surface area is 73.0 Å². The van der Waals surface area contributed by atoms with E-state index in [0.29, 0.717) is 11.5 Å². The van der Waals surface area contributed by atoms with Crippen molar-refractivity contribution in [3.8, 4) is 0 Å². The van der Waals surface area contributed by atoms with E-state index in [1.807, 2.05) is 0 Å². The summed E-state index contributed by atoms with van der Waals surface area (Å²) in [6, 6.07) is 0.410. The van der Waals surface area contributed by atoms with Gasteiger partial charge in [-0.15, -0.1) is 0 Å². The van der Waals surface area contributed by atoms with Crippen molar-refractivity contribution in [1.82, 2.24) is 5.32 Å². The second-order valence-electron chi connectivity index (χ2n) is 4.43. The van der Waals surface area contributed by atoms with E-state index in [9.17, 15) is 4.79 Å². The lowest BCUT2D eigenvalue weighted by atomic mass is 9.70. The van der Waals surface area contributed by atoms with Crippen molar-refractivity contribution in [2.24, 2.45) is 11.3 Å². The van der Waals surface area contributed by atoms with Gasteiger partial charge in [0, 0.05) is 6.04 Å². The van der Waals surface area contributed by atoms with Gasteiger partial charge < -0.3 is 5.32 Å². The molecule has 1 unspecified atom stereocenters. The molecule has 12 heavy (non-hydrogen) atoms. The highest BCUT2D eigenvalue weighted by atomic mass is 16.1. The second-order valence-corrected chi connectivity index (χ2v) is 4.43. The Balaban J connectivity index is 1.98. The third-order valence-corrected chi connectivity index (χ3v) is 3.42. The highest BCUT2D eigenvalue weighted by Crippen LogP contribution is 2.58. The quantitative estimate of drug-likeness (QED) is 0.617. The number of amides is 1. The Morgan fingerprint density at radius 1 is 1.67 bits per heavy atom. The summed E-state index contributed by atoms with van der Waals surface area (Å²) in [6.07, 6.45) is 5.14. The molecule has 1 N–H and O–H groups in total. The molecule has 3 saturated carbocycles. The molecule has 0 saturated heterocycles. The van der Waals surface area contributed by atoms with Crippen LogP contribution in [0, 0.1) is 11.3 Å². The first-order valence-corrected chi connectivity index (χ1v) is 4.57. The number of carbonyl (C=O) groups is 1. The Morgan fingerprint density at radius 2 is 2.33 bits per heavy atom. The standard InChI is InChI=1S/C10H15NO/c1-3-9(12)11-8-4-7-5-10(8,2)6-7/h3,7-8H,1,4-6H2,2H3,(H,11,12). The van der Waals surface area contributed by atoms with Gasteiger partial charge in [-0.3, -0.25) is 4.79 Å². The minimum atomic E-state index is -0.0197. The molecule has 66 valence electrons. The van der Waals surface area contributed by atoms with E-state index in [0.717, 1.165) is 5.92 Å². The van der Waals surface area contributed by atoms with Gasteiger partial charge >= 0.3 is 0 Å². The first-order valence-electron chi connectivity index (χ1n) is 4.57. The molecule has 3 aliphatic carbocycles. The molecular weight excluding hydrogens is 150 g/mol. The second kappa shape index (κ2) is 2.35. The smallest absolute Gasteiger partial charge is 0.243 e. The van der Waals surface area contributed by atoms with Gasteiger partial charge in [-0.2, -0.15) is 0 Å². The molecule has 2 heteroatoms. The van der Waals surface area contributed by atoms with Crippen LogP contribution in [-0.4, -0.2) is 11.9 Å². The lowest BCUT2D eigenvalue weighted by Crippen LogP contribution is -2.42. The van der Waals surface area contributed by atoms with Crippen molar-refractivity contribution < 1.29 is 4.79 Å². The van der Waals surface area contributed by atoms with Crippen LogP contribution in [0.15, 0.2) is 12.7 Å². The average molecular weight is 165 g/mol. The van der Waals surface area contributed by atoms with Gasteiger partial charge in [0.2, 0.25) is 5.91 Å². The molecule has 3 aliphatic rings. The van der Waals surface area contributed by atoms with Crippen LogP contribution in [-0.2, 0) is 4.79 Å². The summed E-state index contributed by atoms with van der Waals surface area (Å²) in [5.41, 5.74) is 0.406. The molecule has 0 heterocycles. The molecule has 1 amide bonds. The SMILES string of the molecule is C=CC(=O)NC1CC2CC1(C)C2. The van der Waals surface area contributed by atoms with Crippen molar-refractivity contribution in [2.45, 2.75) is 32.2 Å². The van der Waals surface area contributed by atoms with Crippen LogP contribution in [0.3, 0.4) is 0 Å². The maximum atomic E-state index is 11.0. The van der Waals surface area contributed by atoms with E-state index in [1.54, 1.807) is 0 Å². The molecule has 3 rings (SSSR count). The van der Waals surface area contributed by atoms with Crippen LogP contribution in [0.25, 0.3) is 0 Å². The Morgan fingerprint density at radius 3 is 2.75 bits per heavy atom. The molecule has 1 atom stereocenters. The first-order chi connectivity index (χ1) is 5.64. The summed E-state index contributed by atoms with van der Waals surface area (Å²) in [5.74, 6) is 0.860. The van der Waals surface area contributed by atoms with Crippen LogP contribution in [0.4, 0.5) is 0 Å². The number of hydrogen-bond acceptors (Lipinski definition) is 1. The number of rotatable bonds is 2. The van der Waals surface area contributed by atoms with Gasteiger partial charge in [0.05, 0.1) is 0 Å². The molecule has 0 aromatic carbocycles. The first kappa shape index (κ1) is 7.84. The minimum absolute atomic E-state index is 0.0197. The summed E-state index contributed by atoms with van der Waals surface area (Å²) in [4.78, 5) is 11.0. The van der Waals surface area contributed by atoms with Gasteiger partial charge in [0.1, 0.15) is 0 Å². The lowest BCUT2D eigenvalue weighted by Gasteiger charge is -2.37. The molecule has 0 radical (unpaired) electrons. The maximum absolute atomic E-state index is 11.0. The van der Waals surface area contributed by atoms with E-state index in [4.69, 9.17) is 0 Å². The molecule has 2 nitrogen and oxygen atoms in total. The number of carbonyl (C=O) groups excluding carboxylic acids is 1. The van der Waals surface area contributed by atoms with E-state index in [2.05, 4.69) is 18.8 Å². The van der Waals surface area contributed by atoms with E-state index < -0.39 is 0 Å². The fraction of sp³-hybridized carbons (Fsp3) is 0.700. The molecule has 2 bridgehead atoms. The maximum Gasteiger partial charge on any atom is 0.243 e. The van der Waals surface area contributed by atoms with Crippen LogP contribution in [0.2, 0.25) is 0 Å². The predicted octanol–water partition coefficient (Wildman–Crippen LogP) is 1.48. The minimum Gasteiger partial charge on any atom is -0.349 e. The van der Waals surface area contributed by atoms with E-state index in [-0.39, 0.29) is 5.91 Å². The zero-order valence-corrected chi connectivity index (χ0v) is 7.47. The third kappa shape index (κ3) is 0.977. The van der Waals surface area contributed by atoms with Gasteiger partial charge in [-0.1, -0.05) is 13.5 Å². The average Bonchev–Trinajstić information content (AvgIpc) is 2.41. The fourth-order valence-electron chi connectivity index (χ4n) is 2.79. The highest BCUT2D eigenvalue weighted by molar-refractivity contribution is 5.87. The normalized spacial score (nSPS) is 43.4. The molecule has 0 aromatic rings. The van der Waals surface area contributed by atoms with Crippen molar-refractivity contribution in [3.63, 3.8) is 0 Å². The van der Waals surface area contributed by atoms with E-state index >= 15 is 0 Å². The summed E-state index contributed by atoms with van der Waals surface area (Å²) in [6.45, 7) is 5.72. The molecule has 0 aliphatic heterocycles. The number of fused-ring (bicyclic) bond motifs is 1. The Kier molecular flexibility index (Phi) is 1.53. The van der Waals surface area contributed by atoms with Crippen molar-refractivity contribution >= 4 is 5.91 Å². The number of nitrogens with one attached hydrogen (secondary N) is 1. The molecule has 0 aromatic heterocycles. The summed E-state index contributed by atoms with van der Waals surface area (Å²) >= 11 is 0. The van der Waals surface area contributed by atoms with E-state index in [1.165, 1.54) is 25.3 Å². The topological polar surface area (TPSA) is 29.1 Å². The largest absolute Gasteiger partial charge is 0.349 e. The zero-order valence-electron chi connectivity index (χ0n) is 7.47. The van der Waals surface area contributed by atoms with Gasteiger partial charge in [0.25, 0.3) is 0 Å². The fourth-order valence-corrected chi connectivity index (χ4v) is 2.79. The third-order valence-electron chi connectivity index (χ3n) is 3.42. The summed E-state index contributed by atoms with van der Waals surface area (Å²) < 4.78 is 0. The van der Waals surface area contributed by atoms with Crippen molar-refractivity contribution in [1.29, 1.82) is 0 Å². The highest BCUT2D eigenvalue weighted by Gasteiger charge is 2.54. The Bertz CT molecular complexity index is 228. The zero-order chi connectivity index (χ0) is 8.77. The van der Waals surface area contributed by atoms with Crippen LogP contribution >= 0.6 is 0 Å². The monoisotopic (exact) mass is 165 g/mol. The number of hydrogen-bond donors (Lipinski definition) is 1. The summed E-state index contributed by atoms with van der Waals surface area (Å²) in [7, 11) is 0. The predicted molar refractivity (Wildman–Crippen MR) is 47.6 cm³/mol.